The number of rotatable bonds is 2. The zero-order valence-corrected chi connectivity index (χ0v) is 12.3. The van der Waals surface area contributed by atoms with Gasteiger partial charge in [0.25, 0.3) is 0 Å². The van der Waals surface area contributed by atoms with Gasteiger partial charge in [-0.05, 0) is 40.5 Å². The van der Waals surface area contributed by atoms with Gasteiger partial charge in [0.15, 0.2) is 0 Å². The van der Waals surface area contributed by atoms with Crippen LogP contribution in [0.1, 0.15) is 27.6 Å². The predicted molar refractivity (Wildman–Crippen MR) is 76.7 cm³/mol. The summed E-state index contributed by atoms with van der Waals surface area (Å²) in [6, 6.07) is 10.6. The molecule has 98 valence electrons. The molecule has 2 aromatic rings. The maximum absolute atomic E-state index is 13.3. The lowest BCUT2D eigenvalue weighted by molar-refractivity contribution is 0.134. The molecule has 3 rings (SSSR count). The molecule has 1 aliphatic rings. The van der Waals surface area contributed by atoms with Gasteiger partial charge >= 0.3 is 0 Å². The van der Waals surface area contributed by atoms with Crippen LogP contribution in [-0.2, 0) is 18.0 Å². The third kappa shape index (κ3) is 2.55. The van der Waals surface area contributed by atoms with E-state index in [4.69, 9.17) is 16.3 Å². The van der Waals surface area contributed by atoms with E-state index in [2.05, 4.69) is 15.9 Å². The maximum atomic E-state index is 13.3. The van der Waals surface area contributed by atoms with Gasteiger partial charge in [-0.2, -0.15) is 0 Å². The summed E-state index contributed by atoms with van der Waals surface area (Å²) >= 11 is 9.89. The second-order valence-electron chi connectivity index (χ2n) is 4.55. The van der Waals surface area contributed by atoms with Crippen LogP contribution in [0.15, 0.2) is 40.9 Å². The van der Waals surface area contributed by atoms with Gasteiger partial charge in [0.2, 0.25) is 0 Å². The fourth-order valence-electron chi connectivity index (χ4n) is 2.24. The van der Waals surface area contributed by atoms with Gasteiger partial charge in [0.1, 0.15) is 5.82 Å². The van der Waals surface area contributed by atoms with Gasteiger partial charge < -0.3 is 4.74 Å². The van der Waals surface area contributed by atoms with E-state index < -0.39 is 0 Å². The summed E-state index contributed by atoms with van der Waals surface area (Å²) in [5, 5.41) is -0.379. The van der Waals surface area contributed by atoms with Crippen LogP contribution >= 0.6 is 27.5 Å². The Morgan fingerprint density at radius 2 is 1.89 bits per heavy atom. The normalized spacial score (nSPS) is 15.3. The molecule has 1 aliphatic heterocycles. The standard InChI is InChI=1S/C15H11BrClFO/c16-14-4-3-12(18)6-13(14)15(17)9-1-2-10-7-19-8-11(10)5-9/h1-6,15H,7-8H2. The van der Waals surface area contributed by atoms with Gasteiger partial charge in [-0.1, -0.05) is 34.1 Å². The topological polar surface area (TPSA) is 9.23 Å². The average molecular weight is 342 g/mol. The zero-order chi connectivity index (χ0) is 13.4. The molecule has 0 spiro atoms. The van der Waals surface area contributed by atoms with Crippen LogP contribution < -0.4 is 0 Å². The largest absolute Gasteiger partial charge is 0.372 e. The average Bonchev–Trinajstić information content (AvgIpc) is 2.88. The molecule has 0 aromatic heterocycles. The smallest absolute Gasteiger partial charge is 0.123 e. The third-order valence-corrected chi connectivity index (χ3v) is 4.48. The molecule has 0 aliphatic carbocycles. The summed E-state index contributed by atoms with van der Waals surface area (Å²) < 4.78 is 19.5. The number of benzene rings is 2. The van der Waals surface area contributed by atoms with E-state index in [1.807, 2.05) is 18.2 Å². The summed E-state index contributed by atoms with van der Waals surface area (Å²) in [7, 11) is 0. The van der Waals surface area contributed by atoms with Gasteiger partial charge in [-0.3, -0.25) is 0 Å². The minimum Gasteiger partial charge on any atom is -0.372 e. The Labute approximate surface area is 124 Å². The van der Waals surface area contributed by atoms with E-state index in [1.165, 1.54) is 17.7 Å². The lowest BCUT2D eigenvalue weighted by Crippen LogP contribution is -1.97. The Balaban J connectivity index is 1.99. The van der Waals surface area contributed by atoms with Gasteiger partial charge in [0, 0.05) is 4.47 Å². The number of hydrogen-bond donors (Lipinski definition) is 0. The first-order valence-electron chi connectivity index (χ1n) is 5.93. The third-order valence-electron chi connectivity index (χ3n) is 3.27. The van der Waals surface area contributed by atoms with Crippen LogP contribution in [0.25, 0.3) is 0 Å². The summed E-state index contributed by atoms with van der Waals surface area (Å²) in [6.45, 7) is 1.28. The SMILES string of the molecule is Fc1ccc(Br)c(C(Cl)c2ccc3c(c2)COC3)c1. The van der Waals surface area contributed by atoms with E-state index in [1.54, 1.807) is 6.07 Å². The van der Waals surface area contributed by atoms with Crippen LogP contribution in [0.3, 0.4) is 0 Å². The van der Waals surface area contributed by atoms with E-state index in [0.717, 1.165) is 21.2 Å². The molecule has 0 saturated carbocycles. The van der Waals surface area contributed by atoms with Crippen LogP contribution in [-0.4, -0.2) is 0 Å². The first-order chi connectivity index (χ1) is 9.15. The van der Waals surface area contributed by atoms with Gasteiger partial charge in [-0.15, -0.1) is 11.6 Å². The highest BCUT2D eigenvalue weighted by Crippen LogP contribution is 2.35. The minimum absolute atomic E-state index is 0.284. The molecule has 0 amide bonds. The molecule has 0 saturated heterocycles. The van der Waals surface area contributed by atoms with Crippen molar-refractivity contribution in [3.05, 3.63) is 68.9 Å². The number of hydrogen-bond acceptors (Lipinski definition) is 1. The van der Waals surface area contributed by atoms with Gasteiger partial charge in [-0.25, -0.2) is 4.39 Å². The van der Waals surface area contributed by atoms with Crippen LogP contribution in [0.2, 0.25) is 0 Å². The molecule has 0 N–H and O–H groups in total. The van der Waals surface area contributed by atoms with Crippen molar-refractivity contribution in [1.82, 2.24) is 0 Å². The van der Waals surface area contributed by atoms with Crippen LogP contribution in [0.5, 0.6) is 0 Å². The Morgan fingerprint density at radius 1 is 1.11 bits per heavy atom. The zero-order valence-electron chi connectivity index (χ0n) is 10.00. The Morgan fingerprint density at radius 3 is 2.74 bits per heavy atom. The van der Waals surface area contributed by atoms with Crippen molar-refractivity contribution in [3.63, 3.8) is 0 Å². The molecular formula is C15H11BrClFO. The molecule has 1 heterocycles. The van der Waals surface area contributed by atoms with Crippen molar-refractivity contribution in [2.24, 2.45) is 0 Å². The summed E-state index contributed by atoms with van der Waals surface area (Å²) in [4.78, 5) is 0. The fraction of sp³-hybridized carbons (Fsp3) is 0.200. The maximum Gasteiger partial charge on any atom is 0.123 e. The summed E-state index contributed by atoms with van der Waals surface area (Å²) in [5.74, 6) is -0.284. The highest BCUT2D eigenvalue weighted by atomic mass is 79.9. The molecule has 19 heavy (non-hydrogen) atoms. The second-order valence-corrected chi connectivity index (χ2v) is 5.84. The quantitative estimate of drug-likeness (QED) is 0.703. The molecule has 1 unspecified atom stereocenters. The Bertz CT molecular complexity index is 630. The second kappa shape index (κ2) is 5.23. The highest BCUT2D eigenvalue weighted by molar-refractivity contribution is 9.10. The molecule has 0 bridgehead atoms. The molecule has 4 heteroatoms. The number of alkyl halides is 1. The lowest BCUT2D eigenvalue weighted by atomic mass is 10.00. The lowest BCUT2D eigenvalue weighted by Gasteiger charge is -2.13. The first kappa shape index (κ1) is 13.1. The molecule has 0 radical (unpaired) electrons. The Hall–Kier alpha value is -0.900. The molecule has 1 nitrogen and oxygen atoms in total. The van der Waals surface area contributed by atoms with E-state index in [9.17, 15) is 4.39 Å². The predicted octanol–water partition coefficient (Wildman–Crippen LogP) is 4.95. The van der Waals surface area contributed by atoms with Crippen molar-refractivity contribution in [2.45, 2.75) is 18.6 Å². The van der Waals surface area contributed by atoms with Crippen molar-refractivity contribution >= 4 is 27.5 Å². The molecule has 1 atom stereocenters. The first-order valence-corrected chi connectivity index (χ1v) is 7.16. The van der Waals surface area contributed by atoms with E-state index >= 15 is 0 Å². The van der Waals surface area contributed by atoms with E-state index in [-0.39, 0.29) is 11.2 Å². The summed E-state index contributed by atoms with van der Waals surface area (Å²) in [5.41, 5.74) is 4.05. The van der Waals surface area contributed by atoms with Crippen molar-refractivity contribution < 1.29 is 9.13 Å². The van der Waals surface area contributed by atoms with Crippen molar-refractivity contribution in [3.8, 4) is 0 Å². The summed E-state index contributed by atoms with van der Waals surface area (Å²) in [6.07, 6.45) is 0. The fourth-order valence-corrected chi connectivity index (χ4v) is 3.16. The van der Waals surface area contributed by atoms with Crippen molar-refractivity contribution in [2.75, 3.05) is 0 Å². The molecule has 2 aromatic carbocycles. The van der Waals surface area contributed by atoms with Crippen molar-refractivity contribution in [1.29, 1.82) is 0 Å². The minimum atomic E-state index is -0.379. The van der Waals surface area contributed by atoms with Crippen LogP contribution in [0.4, 0.5) is 4.39 Å². The number of ether oxygens (including phenoxy) is 1. The van der Waals surface area contributed by atoms with Crippen LogP contribution in [0, 0.1) is 5.82 Å². The molecule has 0 fully saturated rings. The number of halogens is 3. The number of fused-ring (bicyclic) bond motifs is 1. The molecular weight excluding hydrogens is 331 g/mol. The van der Waals surface area contributed by atoms with Gasteiger partial charge in [0.05, 0.1) is 18.6 Å². The van der Waals surface area contributed by atoms with E-state index in [0.29, 0.717) is 13.2 Å². The highest BCUT2D eigenvalue weighted by Gasteiger charge is 2.18. The monoisotopic (exact) mass is 340 g/mol. The Kier molecular flexibility index (Phi) is 3.61.